The van der Waals surface area contributed by atoms with Gasteiger partial charge in [0.25, 0.3) is 0 Å². The van der Waals surface area contributed by atoms with Crippen LogP contribution in [0, 0.1) is 13.8 Å². The van der Waals surface area contributed by atoms with Crippen LogP contribution in [-0.2, 0) is 4.74 Å². The topological polar surface area (TPSA) is 59.6 Å². The molecule has 2 N–H and O–H groups in total. The van der Waals surface area contributed by atoms with Crippen LogP contribution >= 0.6 is 12.2 Å². The Hall–Kier alpha value is -2.60. The van der Waals surface area contributed by atoms with Crippen molar-refractivity contribution in [1.82, 2.24) is 5.32 Å². The lowest BCUT2D eigenvalue weighted by Crippen LogP contribution is -2.39. The fourth-order valence-corrected chi connectivity index (χ4v) is 2.67. The third-order valence-electron chi connectivity index (χ3n) is 3.87. The summed E-state index contributed by atoms with van der Waals surface area (Å²) in [6, 6.07) is 13.2. The Morgan fingerprint density at radius 2 is 1.88 bits per heavy atom. The van der Waals surface area contributed by atoms with E-state index in [1.165, 1.54) is 7.11 Å². The van der Waals surface area contributed by atoms with Crippen LogP contribution in [-0.4, -0.2) is 30.8 Å². The van der Waals surface area contributed by atoms with E-state index in [-0.39, 0.29) is 12.0 Å². The lowest BCUT2D eigenvalue weighted by atomic mass is 10.1. The number of hydrogen-bond donors (Lipinski definition) is 2. The molecule has 1 atom stereocenters. The van der Waals surface area contributed by atoms with Crippen LogP contribution in [0.4, 0.5) is 5.69 Å². The SMILES string of the molecule is COC(=O)c1ccc(C)c(NC(=S)N[C@H](C)COc2ccccc2C)c1. The number of aryl methyl sites for hydroxylation is 2. The number of methoxy groups -OCH3 is 1. The van der Waals surface area contributed by atoms with Crippen LogP contribution in [0.2, 0.25) is 0 Å². The summed E-state index contributed by atoms with van der Waals surface area (Å²) in [7, 11) is 1.36. The maximum Gasteiger partial charge on any atom is 0.337 e. The van der Waals surface area contributed by atoms with E-state index in [4.69, 9.17) is 21.7 Å². The summed E-state index contributed by atoms with van der Waals surface area (Å²) in [5.74, 6) is 0.480. The zero-order valence-corrected chi connectivity index (χ0v) is 16.3. The Labute approximate surface area is 159 Å². The summed E-state index contributed by atoms with van der Waals surface area (Å²) in [4.78, 5) is 11.7. The number of benzene rings is 2. The molecule has 26 heavy (non-hydrogen) atoms. The minimum absolute atomic E-state index is 0.0127. The molecular formula is C20H24N2O3S. The van der Waals surface area contributed by atoms with Gasteiger partial charge in [-0.25, -0.2) is 4.79 Å². The molecular weight excluding hydrogens is 348 g/mol. The second-order valence-electron chi connectivity index (χ2n) is 6.10. The predicted molar refractivity (Wildman–Crippen MR) is 108 cm³/mol. The molecule has 0 unspecified atom stereocenters. The van der Waals surface area contributed by atoms with E-state index in [2.05, 4.69) is 10.6 Å². The number of carbonyl (C=O) groups excluding carboxylic acids is 1. The van der Waals surface area contributed by atoms with Crippen LogP contribution in [0.15, 0.2) is 42.5 Å². The number of thiocarbonyl (C=S) groups is 1. The minimum atomic E-state index is -0.382. The standard InChI is InChI=1S/C20H24N2O3S/c1-13-9-10-16(19(23)24-4)11-17(13)22-20(26)21-15(3)12-25-18-8-6-5-7-14(18)2/h5-11,15H,12H2,1-4H3,(H2,21,22,26)/t15-/m1/s1. The molecule has 0 heterocycles. The molecule has 6 heteroatoms. The van der Waals surface area contributed by atoms with E-state index in [9.17, 15) is 4.79 Å². The van der Waals surface area contributed by atoms with Gasteiger partial charge in [0.15, 0.2) is 5.11 Å². The molecule has 0 aliphatic rings. The molecule has 0 aromatic heterocycles. The van der Waals surface area contributed by atoms with Gasteiger partial charge >= 0.3 is 5.97 Å². The van der Waals surface area contributed by atoms with Gasteiger partial charge < -0.3 is 20.1 Å². The van der Waals surface area contributed by atoms with Gasteiger partial charge in [-0.1, -0.05) is 24.3 Å². The predicted octanol–water partition coefficient (Wildman–Crippen LogP) is 3.84. The highest BCUT2D eigenvalue weighted by atomic mass is 32.1. The summed E-state index contributed by atoms with van der Waals surface area (Å²) in [6.45, 7) is 6.42. The first-order valence-corrected chi connectivity index (χ1v) is 8.76. The van der Waals surface area contributed by atoms with E-state index < -0.39 is 0 Å². The van der Waals surface area contributed by atoms with Crippen molar-refractivity contribution in [2.24, 2.45) is 0 Å². The summed E-state index contributed by atoms with van der Waals surface area (Å²) in [5.41, 5.74) is 3.30. The molecule has 0 bridgehead atoms. The molecule has 0 fully saturated rings. The number of anilines is 1. The summed E-state index contributed by atoms with van der Waals surface area (Å²) < 4.78 is 10.6. The van der Waals surface area contributed by atoms with Gasteiger partial charge in [0.2, 0.25) is 0 Å². The van der Waals surface area contributed by atoms with E-state index in [1.54, 1.807) is 12.1 Å². The number of rotatable bonds is 6. The van der Waals surface area contributed by atoms with Gasteiger partial charge in [0.05, 0.1) is 18.7 Å². The van der Waals surface area contributed by atoms with E-state index in [1.807, 2.05) is 51.1 Å². The van der Waals surface area contributed by atoms with Gasteiger partial charge in [-0.05, 0) is 62.3 Å². The van der Waals surface area contributed by atoms with Gasteiger partial charge in [0, 0.05) is 5.69 Å². The molecule has 138 valence electrons. The summed E-state index contributed by atoms with van der Waals surface area (Å²) in [5, 5.41) is 6.78. The normalized spacial score (nSPS) is 11.4. The Morgan fingerprint density at radius 3 is 2.58 bits per heavy atom. The average Bonchev–Trinajstić information content (AvgIpc) is 2.62. The summed E-state index contributed by atoms with van der Waals surface area (Å²) >= 11 is 5.37. The summed E-state index contributed by atoms with van der Waals surface area (Å²) in [6.07, 6.45) is 0. The lowest BCUT2D eigenvalue weighted by Gasteiger charge is -2.19. The van der Waals surface area contributed by atoms with Crippen molar-refractivity contribution in [3.05, 3.63) is 59.2 Å². The molecule has 0 aliphatic carbocycles. The molecule has 0 aliphatic heterocycles. The second kappa shape index (κ2) is 9.20. The molecule has 2 aromatic carbocycles. The quantitative estimate of drug-likeness (QED) is 0.593. The first-order valence-electron chi connectivity index (χ1n) is 8.35. The van der Waals surface area contributed by atoms with Crippen LogP contribution in [0.1, 0.15) is 28.4 Å². The average molecular weight is 372 g/mol. The third-order valence-corrected chi connectivity index (χ3v) is 4.09. The van der Waals surface area contributed by atoms with Crippen molar-refractivity contribution >= 4 is 29.0 Å². The molecule has 0 radical (unpaired) electrons. The van der Waals surface area contributed by atoms with Crippen LogP contribution in [0.25, 0.3) is 0 Å². The number of nitrogens with one attached hydrogen (secondary N) is 2. The van der Waals surface area contributed by atoms with Crippen molar-refractivity contribution < 1.29 is 14.3 Å². The number of hydrogen-bond acceptors (Lipinski definition) is 4. The highest BCUT2D eigenvalue weighted by Crippen LogP contribution is 2.18. The van der Waals surface area contributed by atoms with E-state index in [0.717, 1.165) is 22.6 Å². The smallest absolute Gasteiger partial charge is 0.337 e. The van der Waals surface area contributed by atoms with E-state index >= 15 is 0 Å². The fraction of sp³-hybridized carbons (Fsp3) is 0.300. The Bertz CT molecular complexity index is 792. The van der Waals surface area contributed by atoms with E-state index in [0.29, 0.717) is 17.3 Å². The Balaban J connectivity index is 1.91. The number of carbonyl (C=O) groups is 1. The van der Waals surface area contributed by atoms with Crippen LogP contribution < -0.4 is 15.4 Å². The first kappa shape index (κ1) is 19.7. The van der Waals surface area contributed by atoms with Crippen LogP contribution in [0.3, 0.4) is 0 Å². The molecule has 2 aromatic rings. The molecule has 0 saturated carbocycles. The first-order chi connectivity index (χ1) is 12.4. The molecule has 0 spiro atoms. The monoisotopic (exact) mass is 372 g/mol. The maximum atomic E-state index is 11.7. The third kappa shape index (κ3) is 5.46. The molecule has 0 amide bonds. The highest BCUT2D eigenvalue weighted by molar-refractivity contribution is 7.80. The number of ether oxygens (including phenoxy) is 2. The Kier molecular flexibility index (Phi) is 6.97. The van der Waals surface area contributed by atoms with Crippen molar-refractivity contribution in [3.63, 3.8) is 0 Å². The zero-order chi connectivity index (χ0) is 19.1. The van der Waals surface area contributed by atoms with Crippen molar-refractivity contribution in [2.75, 3.05) is 19.0 Å². The molecule has 0 saturated heterocycles. The largest absolute Gasteiger partial charge is 0.491 e. The highest BCUT2D eigenvalue weighted by Gasteiger charge is 2.11. The van der Waals surface area contributed by atoms with Crippen molar-refractivity contribution in [3.8, 4) is 5.75 Å². The minimum Gasteiger partial charge on any atom is -0.491 e. The van der Waals surface area contributed by atoms with Gasteiger partial charge in [-0.2, -0.15) is 0 Å². The molecule has 5 nitrogen and oxygen atoms in total. The van der Waals surface area contributed by atoms with Gasteiger partial charge in [0.1, 0.15) is 12.4 Å². The van der Waals surface area contributed by atoms with Crippen molar-refractivity contribution in [1.29, 1.82) is 0 Å². The molecule has 2 rings (SSSR count). The van der Waals surface area contributed by atoms with Gasteiger partial charge in [-0.15, -0.1) is 0 Å². The van der Waals surface area contributed by atoms with Crippen molar-refractivity contribution in [2.45, 2.75) is 26.8 Å². The van der Waals surface area contributed by atoms with Gasteiger partial charge in [-0.3, -0.25) is 0 Å². The maximum absolute atomic E-state index is 11.7. The second-order valence-corrected chi connectivity index (χ2v) is 6.51. The number of para-hydroxylation sites is 1. The zero-order valence-electron chi connectivity index (χ0n) is 15.5. The Morgan fingerprint density at radius 1 is 1.15 bits per heavy atom. The van der Waals surface area contributed by atoms with Crippen LogP contribution in [0.5, 0.6) is 5.75 Å². The number of esters is 1. The fourth-order valence-electron chi connectivity index (χ4n) is 2.36. The lowest BCUT2D eigenvalue weighted by molar-refractivity contribution is 0.0601.